The van der Waals surface area contributed by atoms with Crippen LogP contribution in [0.4, 0.5) is 0 Å². The summed E-state index contributed by atoms with van der Waals surface area (Å²) in [4.78, 5) is 77.7. The summed E-state index contributed by atoms with van der Waals surface area (Å²) in [5, 5.41) is 5.59. The number of rotatable bonds is 10. The van der Waals surface area contributed by atoms with E-state index in [9.17, 15) is 24.0 Å². The van der Waals surface area contributed by atoms with Gasteiger partial charge in [0.05, 0.1) is 30.0 Å². The molecule has 2 fully saturated rings. The number of pyridine rings is 1. The minimum atomic E-state index is -1.05. The van der Waals surface area contributed by atoms with Gasteiger partial charge in [-0.15, -0.1) is 0 Å². The summed E-state index contributed by atoms with van der Waals surface area (Å²) in [5.41, 5.74) is 10.5. The maximum absolute atomic E-state index is 14.7. The van der Waals surface area contributed by atoms with E-state index in [2.05, 4.69) is 79.1 Å². The topological polar surface area (TPSA) is 155 Å². The van der Waals surface area contributed by atoms with Crippen molar-refractivity contribution in [2.75, 3.05) is 40.4 Å². The largest absolute Gasteiger partial charge is 0.464 e. The smallest absolute Gasteiger partial charge is 0.324 e. The van der Waals surface area contributed by atoms with Crippen molar-refractivity contribution in [1.29, 1.82) is 0 Å². The van der Waals surface area contributed by atoms with Gasteiger partial charge in [0.25, 0.3) is 5.91 Å². The minimum absolute atomic E-state index is 0.120. The molecule has 0 aliphatic carbocycles. The molecule has 2 aromatic heterocycles. The molecule has 2 saturated heterocycles. The van der Waals surface area contributed by atoms with Crippen LogP contribution < -0.4 is 10.7 Å². The molecule has 0 saturated carbocycles. The molecule has 14 nitrogen and oxygen atoms in total. The van der Waals surface area contributed by atoms with Gasteiger partial charge in [-0.2, -0.15) is 0 Å². The third kappa shape index (κ3) is 9.81. The highest BCUT2D eigenvalue weighted by atomic mass is 16.5. The zero-order chi connectivity index (χ0) is 47.6. The standard InChI is InChI=1S/C52H67N7O7/c1-11-44(60)57-28-32(5)40(29-57)49(62)56(9)46(31(3)4)48(61)54-42-25-34-16-13-17-35(24-34)36-20-21-43-38(26-36)39(47(58(43)12-2)37-18-14-22-53-45(37)33(6)65-10)27-52(7,8)30-66-51(64)41-19-15-23-59(55-41)50(42)63/h11,13-14,16-18,20-22,24,26,31-33,40-42,46,55H,1,12,15,19,23,25,27-30H2,2-10H3,(H,54,61)/t32-,33-,40-,41-,42-,46-/m0/s1. The van der Waals surface area contributed by atoms with Gasteiger partial charge in [0, 0.05) is 74.8 Å². The Hall–Kier alpha value is -5.86. The van der Waals surface area contributed by atoms with Gasteiger partial charge in [-0.25, -0.2) is 5.43 Å². The molecule has 0 unspecified atom stereocenters. The molecule has 0 radical (unpaired) electrons. The molecule has 5 heterocycles. The van der Waals surface area contributed by atoms with E-state index in [-0.39, 0.29) is 49.3 Å². The summed E-state index contributed by atoms with van der Waals surface area (Å²) >= 11 is 0. The van der Waals surface area contributed by atoms with Crippen LogP contribution in [0.2, 0.25) is 0 Å². The van der Waals surface area contributed by atoms with Gasteiger partial charge in [0.1, 0.15) is 18.1 Å². The van der Waals surface area contributed by atoms with Crippen molar-refractivity contribution in [3.05, 3.63) is 90.3 Å². The number of likely N-dealkylation sites (N-methyl/N-ethyl adjacent to an activating group) is 1. The number of amides is 4. The number of hydrogen-bond acceptors (Lipinski definition) is 9. The van der Waals surface area contributed by atoms with E-state index in [0.29, 0.717) is 38.9 Å². The predicted molar refractivity (Wildman–Crippen MR) is 254 cm³/mol. The fourth-order valence-corrected chi connectivity index (χ4v) is 10.2. The molecule has 2 N–H and O–H groups in total. The summed E-state index contributed by atoms with van der Waals surface area (Å²) in [6.07, 6.45) is 4.54. The second kappa shape index (κ2) is 19.9. The van der Waals surface area contributed by atoms with Crippen LogP contribution in [0, 0.1) is 23.2 Å². The summed E-state index contributed by atoms with van der Waals surface area (Å²) < 4.78 is 14.3. The van der Waals surface area contributed by atoms with Gasteiger partial charge in [-0.05, 0) is 97.5 Å². The van der Waals surface area contributed by atoms with E-state index < -0.39 is 47.2 Å². The van der Waals surface area contributed by atoms with E-state index >= 15 is 0 Å². The fraction of sp³-hybridized carbons (Fsp3) is 0.500. The maximum atomic E-state index is 14.7. The molecular formula is C52H67N7O7. The van der Waals surface area contributed by atoms with Crippen LogP contribution in [0.15, 0.2) is 73.4 Å². The Morgan fingerprint density at radius 3 is 2.55 bits per heavy atom. The second-order valence-corrected chi connectivity index (χ2v) is 19.5. The number of hydrazine groups is 1. The molecule has 3 aliphatic heterocycles. The highest BCUT2D eigenvalue weighted by Gasteiger charge is 2.42. The monoisotopic (exact) mass is 902 g/mol. The molecule has 352 valence electrons. The Morgan fingerprint density at radius 2 is 1.83 bits per heavy atom. The number of ether oxygens (including phenoxy) is 2. The zero-order valence-electron chi connectivity index (χ0n) is 40.1. The van der Waals surface area contributed by atoms with Crippen LogP contribution in [0.25, 0.3) is 33.3 Å². The molecule has 66 heavy (non-hydrogen) atoms. The number of carbonyl (C=O) groups is 5. The second-order valence-electron chi connectivity index (χ2n) is 19.5. The first-order valence-corrected chi connectivity index (χ1v) is 23.4. The van der Waals surface area contributed by atoms with Crippen LogP contribution >= 0.6 is 0 Å². The lowest BCUT2D eigenvalue weighted by molar-refractivity contribution is -0.155. The summed E-state index contributed by atoms with van der Waals surface area (Å²) in [6, 6.07) is 15.8. The Labute approximate surface area is 389 Å². The van der Waals surface area contributed by atoms with E-state index in [4.69, 9.17) is 14.5 Å². The first kappa shape index (κ1) is 48.1. The Bertz CT molecular complexity index is 2500. The molecule has 7 rings (SSSR count). The molecular weight excluding hydrogens is 835 g/mol. The van der Waals surface area contributed by atoms with Crippen molar-refractivity contribution < 1.29 is 33.4 Å². The first-order valence-electron chi connectivity index (χ1n) is 23.4. The van der Waals surface area contributed by atoms with Crippen LogP contribution in [-0.2, 0) is 52.8 Å². The lowest BCUT2D eigenvalue weighted by atomic mass is 9.84. The summed E-state index contributed by atoms with van der Waals surface area (Å²) in [6.45, 7) is 19.4. The zero-order valence-corrected chi connectivity index (χ0v) is 40.1. The van der Waals surface area contributed by atoms with E-state index in [0.717, 1.165) is 50.1 Å². The predicted octanol–water partition coefficient (Wildman–Crippen LogP) is 6.51. The summed E-state index contributed by atoms with van der Waals surface area (Å²) in [5.74, 6) is -2.73. The number of carbonyl (C=O) groups excluding carboxylic acids is 5. The number of aryl methyl sites for hydroxylation is 1. The van der Waals surface area contributed by atoms with Crippen LogP contribution in [-0.4, -0.2) is 112 Å². The summed E-state index contributed by atoms with van der Waals surface area (Å²) in [7, 11) is 3.31. The van der Waals surface area contributed by atoms with Gasteiger partial charge in [-0.3, -0.25) is 34.0 Å². The molecule has 3 aliphatic rings. The van der Waals surface area contributed by atoms with Crippen LogP contribution in [0.3, 0.4) is 0 Å². The number of benzene rings is 2. The molecule has 2 aromatic carbocycles. The average Bonchev–Trinajstić information content (AvgIpc) is 3.85. The Kier molecular flexibility index (Phi) is 14.5. The maximum Gasteiger partial charge on any atom is 0.324 e. The number of nitrogens with zero attached hydrogens (tertiary/aromatic N) is 5. The molecule has 14 heteroatoms. The third-order valence-corrected chi connectivity index (χ3v) is 13.7. The van der Waals surface area contributed by atoms with Crippen molar-refractivity contribution in [1.82, 2.24) is 35.1 Å². The van der Waals surface area contributed by atoms with Crippen LogP contribution in [0.5, 0.6) is 0 Å². The Morgan fingerprint density at radius 1 is 1.08 bits per heavy atom. The molecule has 0 spiro atoms. The number of hydrogen-bond donors (Lipinski definition) is 2. The van der Waals surface area contributed by atoms with Gasteiger partial charge in [0.15, 0.2) is 0 Å². The van der Waals surface area contributed by atoms with Crippen LogP contribution in [0.1, 0.15) is 84.2 Å². The normalized spacial score (nSPS) is 22.1. The fourth-order valence-electron chi connectivity index (χ4n) is 10.2. The molecule has 6 atom stereocenters. The lowest BCUT2D eigenvalue weighted by Crippen LogP contribution is -2.62. The van der Waals surface area contributed by atoms with Crippen molar-refractivity contribution in [3.8, 4) is 22.4 Å². The van der Waals surface area contributed by atoms with E-state index in [1.54, 1.807) is 25.3 Å². The number of nitrogens with one attached hydrogen (secondary N) is 2. The Balaban J connectivity index is 1.29. The molecule has 6 bridgehead atoms. The average molecular weight is 902 g/mol. The molecule has 4 aromatic rings. The van der Waals surface area contributed by atoms with E-state index in [1.165, 1.54) is 16.0 Å². The van der Waals surface area contributed by atoms with Gasteiger partial charge < -0.3 is 29.2 Å². The van der Waals surface area contributed by atoms with Gasteiger partial charge >= 0.3 is 5.97 Å². The van der Waals surface area contributed by atoms with Crippen molar-refractivity contribution in [3.63, 3.8) is 0 Å². The lowest BCUT2D eigenvalue weighted by Gasteiger charge is -2.37. The highest BCUT2D eigenvalue weighted by molar-refractivity contribution is 5.96. The number of esters is 1. The number of methoxy groups -OCH3 is 1. The van der Waals surface area contributed by atoms with Gasteiger partial charge in [0.2, 0.25) is 17.7 Å². The highest BCUT2D eigenvalue weighted by Crippen LogP contribution is 2.42. The van der Waals surface area contributed by atoms with Crippen molar-refractivity contribution in [2.24, 2.45) is 23.2 Å². The quantitative estimate of drug-likeness (QED) is 0.134. The number of fused-ring (bicyclic) bond motifs is 6. The van der Waals surface area contributed by atoms with Crippen molar-refractivity contribution >= 4 is 40.5 Å². The molecule has 4 amide bonds. The van der Waals surface area contributed by atoms with Crippen molar-refractivity contribution in [2.45, 2.75) is 105 Å². The SMILES string of the molecule is C=CC(=O)N1C[C@H](C(=O)N(C)[C@H](C(=O)N[C@H]2Cc3cccc(c3)-c3ccc4c(c3)c(c(-c3cccnc3[C@H](C)OC)n4CC)CC(C)(C)COC(=O)[C@@H]3CCCN(N3)C2=O)C(C)C)[C@@H](C)C1. The minimum Gasteiger partial charge on any atom is -0.464 e. The number of cyclic esters (lactones) is 1. The first-order chi connectivity index (χ1) is 31.5. The van der Waals surface area contributed by atoms with Gasteiger partial charge in [-0.1, -0.05) is 71.5 Å². The number of aromatic nitrogens is 2. The van der Waals surface area contributed by atoms with E-state index in [1.807, 2.05) is 45.9 Å². The number of likely N-dealkylation sites (tertiary alicyclic amines) is 1. The third-order valence-electron chi connectivity index (χ3n) is 13.7.